The van der Waals surface area contributed by atoms with Gasteiger partial charge >= 0.3 is 0 Å². The molecule has 0 saturated carbocycles. The molecule has 3 nitrogen and oxygen atoms in total. The monoisotopic (exact) mass is 259 g/mol. The second kappa shape index (κ2) is 6.11. The van der Waals surface area contributed by atoms with Gasteiger partial charge in [0.25, 0.3) is 0 Å². The number of aliphatic hydroxyl groups excluding tert-OH is 1. The molecule has 4 heteroatoms. The van der Waals surface area contributed by atoms with Crippen LogP contribution in [-0.4, -0.2) is 29.9 Å². The van der Waals surface area contributed by atoms with Gasteiger partial charge in [-0.25, -0.2) is 0 Å². The highest BCUT2D eigenvalue weighted by atomic mass is 79.9. The Kier molecular flexibility index (Phi) is 5.07. The highest BCUT2D eigenvalue weighted by Crippen LogP contribution is 2.12. The zero-order valence-corrected chi connectivity index (χ0v) is 9.70. The summed E-state index contributed by atoms with van der Waals surface area (Å²) in [6.07, 6.45) is 4.41. The van der Waals surface area contributed by atoms with Crippen molar-refractivity contribution in [2.24, 2.45) is 0 Å². The third-order valence-corrected chi connectivity index (χ3v) is 2.32. The lowest BCUT2D eigenvalue weighted by molar-refractivity contribution is 0.110. The van der Waals surface area contributed by atoms with Crippen LogP contribution in [-0.2, 0) is 11.2 Å². The van der Waals surface area contributed by atoms with Crippen molar-refractivity contribution in [2.45, 2.75) is 18.9 Å². The molecule has 1 rings (SSSR count). The molecule has 1 aromatic heterocycles. The molecule has 0 amide bonds. The number of rotatable bonds is 5. The molecule has 0 saturated heterocycles. The van der Waals surface area contributed by atoms with E-state index in [1.54, 1.807) is 19.5 Å². The Morgan fingerprint density at radius 3 is 3.00 bits per heavy atom. The van der Waals surface area contributed by atoms with Crippen LogP contribution in [0.3, 0.4) is 0 Å². The summed E-state index contributed by atoms with van der Waals surface area (Å²) in [6.45, 7) is 0.586. The average molecular weight is 260 g/mol. The standard InChI is InChI=1S/C10H14BrNO2/c1-14-3-2-10(13)5-8-4-9(11)7-12-6-8/h4,6-7,10,13H,2-3,5H2,1H3. The fraction of sp³-hybridized carbons (Fsp3) is 0.500. The Balaban J connectivity index is 2.43. The first kappa shape index (κ1) is 11.6. The van der Waals surface area contributed by atoms with Crippen molar-refractivity contribution in [3.8, 4) is 0 Å². The summed E-state index contributed by atoms with van der Waals surface area (Å²) >= 11 is 3.34. The van der Waals surface area contributed by atoms with E-state index in [-0.39, 0.29) is 6.10 Å². The molecule has 0 radical (unpaired) electrons. The topological polar surface area (TPSA) is 42.4 Å². The highest BCUT2D eigenvalue weighted by molar-refractivity contribution is 9.10. The minimum absolute atomic E-state index is 0.356. The molecular weight excluding hydrogens is 246 g/mol. The van der Waals surface area contributed by atoms with Gasteiger partial charge in [0, 0.05) is 30.6 Å². The van der Waals surface area contributed by atoms with E-state index in [1.807, 2.05) is 6.07 Å². The lowest BCUT2D eigenvalue weighted by Gasteiger charge is -2.09. The van der Waals surface area contributed by atoms with Crippen LogP contribution in [0.4, 0.5) is 0 Å². The Morgan fingerprint density at radius 2 is 2.36 bits per heavy atom. The molecule has 14 heavy (non-hydrogen) atoms. The summed E-state index contributed by atoms with van der Waals surface area (Å²) in [5.74, 6) is 0. The van der Waals surface area contributed by atoms with Crippen molar-refractivity contribution >= 4 is 15.9 Å². The predicted octanol–water partition coefficient (Wildman–Crippen LogP) is 1.78. The van der Waals surface area contributed by atoms with Gasteiger partial charge in [0.15, 0.2) is 0 Å². The van der Waals surface area contributed by atoms with Crippen LogP contribution in [0.15, 0.2) is 22.9 Å². The minimum Gasteiger partial charge on any atom is -0.393 e. The van der Waals surface area contributed by atoms with Crippen LogP contribution in [0, 0.1) is 0 Å². The Morgan fingerprint density at radius 1 is 1.57 bits per heavy atom. The molecule has 0 aliphatic carbocycles. The van der Waals surface area contributed by atoms with E-state index >= 15 is 0 Å². The molecule has 1 N–H and O–H groups in total. The zero-order chi connectivity index (χ0) is 10.4. The quantitative estimate of drug-likeness (QED) is 0.877. The number of nitrogens with zero attached hydrogens (tertiary/aromatic N) is 1. The smallest absolute Gasteiger partial charge is 0.0603 e. The summed E-state index contributed by atoms with van der Waals surface area (Å²) in [5.41, 5.74) is 1.03. The van der Waals surface area contributed by atoms with Crippen molar-refractivity contribution in [1.82, 2.24) is 4.98 Å². The van der Waals surface area contributed by atoms with E-state index in [9.17, 15) is 5.11 Å². The van der Waals surface area contributed by atoms with Crippen LogP contribution in [0.1, 0.15) is 12.0 Å². The largest absolute Gasteiger partial charge is 0.393 e. The number of hydrogen-bond acceptors (Lipinski definition) is 3. The van der Waals surface area contributed by atoms with Crippen molar-refractivity contribution in [3.05, 3.63) is 28.5 Å². The Labute approximate surface area is 92.3 Å². The lowest BCUT2D eigenvalue weighted by atomic mass is 10.1. The third-order valence-electron chi connectivity index (χ3n) is 1.89. The van der Waals surface area contributed by atoms with Crippen molar-refractivity contribution < 1.29 is 9.84 Å². The third kappa shape index (κ3) is 4.17. The average Bonchev–Trinajstić information content (AvgIpc) is 2.15. The van der Waals surface area contributed by atoms with Gasteiger partial charge in [-0.2, -0.15) is 0 Å². The van der Waals surface area contributed by atoms with Crippen LogP contribution in [0.5, 0.6) is 0 Å². The molecule has 1 atom stereocenters. The highest BCUT2D eigenvalue weighted by Gasteiger charge is 2.05. The number of methoxy groups -OCH3 is 1. The Hall–Kier alpha value is -0.450. The van der Waals surface area contributed by atoms with Gasteiger partial charge in [-0.05, 0) is 40.4 Å². The molecule has 78 valence electrons. The summed E-state index contributed by atoms with van der Waals surface area (Å²) < 4.78 is 5.83. The molecule has 0 aromatic carbocycles. The molecule has 0 bridgehead atoms. The molecule has 1 heterocycles. The van der Waals surface area contributed by atoms with Gasteiger partial charge in [0.1, 0.15) is 0 Å². The molecule has 1 aromatic rings. The molecule has 0 fully saturated rings. The first-order valence-corrected chi connectivity index (χ1v) is 5.28. The molecule has 0 spiro atoms. The number of ether oxygens (including phenoxy) is 1. The number of hydrogen-bond donors (Lipinski definition) is 1. The molecule has 1 unspecified atom stereocenters. The minimum atomic E-state index is -0.356. The zero-order valence-electron chi connectivity index (χ0n) is 8.11. The van der Waals surface area contributed by atoms with Gasteiger partial charge in [-0.3, -0.25) is 4.98 Å². The SMILES string of the molecule is COCCC(O)Cc1cncc(Br)c1. The molecule has 0 aliphatic heterocycles. The van der Waals surface area contributed by atoms with Gasteiger partial charge in [0.2, 0.25) is 0 Å². The van der Waals surface area contributed by atoms with E-state index in [1.165, 1.54) is 0 Å². The van der Waals surface area contributed by atoms with E-state index in [2.05, 4.69) is 20.9 Å². The number of aromatic nitrogens is 1. The first-order valence-electron chi connectivity index (χ1n) is 4.49. The van der Waals surface area contributed by atoms with E-state index in [0.717, 1.165) is 10.0 Å². The van der Waals surface area contributed by atoms with Gasteiger partial charge in [-0.15, -0.1) is 0 Å². The van der Waals surface area contributed by atoms with Gasteiger partial charge in [0.05, 0.1) is 6.10 Å². The van der Waals surface area contributed by atoms with Gasteiger partial charge < -0.3 is 9.84 Å². The summed E-state index contributed by atoms with van der Waals surface area (Å²) in [7, 11) is 1.63. The van der Waals surface area contributed by atoms with Crippen LogP contribution in [0.25, 0.3) is 0 Å². The van der Waals surface area contributed by atoms with Crippen molar-refractivity contribution in [2.75, 3.05) is 13.7 Å². The number of halogens is 1. The first-order chi connectivity index (χ1) is 6.72. The van der Waals surface area contributed by atoms with Crippen LogP contribution < -0.4 is 0 Å². The predicted molar refractivity (Wildman–Crippen MR) is 58.1 cm³/mol. The van der Waals surface area contributed by atoms with E-state index < -0.39 is 0 Å². The molecular formula is C10H14BrNO2. The second-order valence-electron chi connectivity index (χ2n) is 3.15. The lowest BCUT2D eigenvalue weighted by Crippen LogP contribution is -2.13. The summed E-state index contributed by atoms with van der Waals surface area (Å²) in [4.78, 5) is 4.03. The summed E-state index contributed by atoms with van der Waals surface area (Å²) in [5, 5.41) is 9.60. The molecule has 0 aliphatic rings. The van der Waals surface area contributed by atoms with E-state index in [4.69, 9.17) is 4.74 Å². The van der Waals surface area contributed by atoms with Crippen LogP contribution in [0.2, 0.25) is 0 Å². The van der Waals surface area contributed by atoms with Crippen LogP contribution >= 0.6 is 15.9 Å². The van der Waals surface area contributed by atoms with E-state index in [0.29, 0.717) is 19.4 Å². The Bertz CT molecular complexity index is 281. The number of pyridine rings is 1. The van der Waals surface area contributed by atoms with Crippen molar-refractivity contribution in [3.63, 3.8) is 0 Å². The fourth-order valence-electron chi connectivity index (χ4n) is 1.20. The maximum Gasteiger partial charge on any atom is 0.0603 e. The fourth-order valence-corrected chi connectivity index (χ4v) is 1.61. The maximum atomic E-state index is 9.60. The normalized spacial score (nSPS) is 12.8. The maximum absolute atomic E-state index is 9.60. The van der Waals surface area contributed by atoms with Gasteiger partial charge in [-0.1, -0.05) is 0 Å². The van der Waals surface area contributed by atoms with Crippen molar-refractivity contribution in [1.29, 1.82) is 0 Å². The number of aliphatic hydroxyl groups is 1. The summed E-state index contributed by atoms with van der Waals surface area (Å²) in [6, 6.07) is 1.96. The second-order valence-corrected chi connectivity index (χ2v) is 4.07.